The molecule has 15 heavy (non-hydrogen) atoms. The molecule has 0 saturated carbocycles. The molecule has 1 heterocycles. The number of hydrogen-bond acceptors (Lipinski definition) is 3. The summed E-state index contributed by atoms with van der Waals surface area (Å²) >= 11 is 0. The third kappa shape index (κ3) is 3.51. The Hall–Kier alpha value is -1.10. The Balaban J connectivity index is 2.44. The maximum atomic E-state index is 11.7. The number of aliphatic hydroxyl groups excluding tert-OH is 1. The first-order valence-corrected chi connectivity index (χ1v) is 5.17. The number of carbonyl (C=O) groups is 2. The lowest BCUT2D eigenvalue weighted by molar-refractivity contribution is -0.127. The van der Waals surface area contributed by atoms with Crippen LogP contribution in [0.25, 0.3) is 0 Å². The van der Waals surface area contributed by atoms with Gasteiger partial charge < -0.3 is 15.7 Å². The molecule has 1 unspecified atom stereocenters. The Morgan fingerprint density at radius 1 is 1.67 bits per heavy atom. The molecule has 1 saturated heterocycles. The summed E-state index contributed by atoms with van der Waals surface area (Å²) in [4.78, 5) is 22.6. The van der Waals surface area contributed by atoms with Crippen LogP contribution in [0, 0.1) is 0 Å². The summed E-state index contributed by atoms with van der Waals surface area (Å²) in [7, 11) is 0. The lowest BCUT2D eigenvalue weighted by Crippen LogP contribution is -2.51. The molecular weight excluding hydrogens is 196 g/mol. The topological polar surface area (TPSA) is 78.4 Å². The van der Waals surface area contributed by atoms with Gasteiger partial charge in [0, 0.05) is 18.6 Å². The largest absolute Gasteiger partial charge is 0.396 e. The van der Waals surface area contributed by atoms with Crippen molar-refractivity contribution in [2.45, 2.75) is 44.7 Å². The standard InChI is InChI=1S/C10H18N2O3/c1-10(2,5-6-13)12-9(15)7-3-4-8(14)11-7/h7,13H,3-6H2,1-2H3,(H,11,14)(H,12,15). The van der Waals surface area contributed by atoms with Gasteiger partial charge in [-0.25, -0.2) is 0 Å². The molecule has 0 bridgehead atoms. The van der Waals surface area contributed by atoms with Crippen LogP contribution in [0.2, 0.25) is 0 Å². The van der Waals surface area contributed by atoms with E-state index < -0.39 is 11.6 Å². The Bertz CT molecular complexity index is 263. The van der Waals surface area contributed by atoms with Crippen molar-refractivity contribution in [1.82, 2.24) is 10.6 Å². The van der Waals surface area contributed by atoms with Crippen molar-refractivity contribution in [3.8, 4) is 0 Å². The fraction of sp³-hybridized carbons (Fsp3) is 0.800. The molecule has 2 amide bonds. The number of hydrogen-bond donors (Lipinski definition) is 3. The zero-order valence-electron chi connectivity index (χ0n) is 9.17. The Morgan fingerprint density at radius 3 is 2.80 bits per heavy atom. The normalized spacial score (nSPS) is 21.3. The summed E-state index contributed by atoms with van der Waals surface area (Å²) in [5.74, 6) is -0.241. The summed E-state index contributed by atoms with van der Waals surface area (Å²) in [6, 6.07) is -0.407. The third-order valence-electron chi connectivity index (χ3n) is 2.51. The van der Waals surface area contributed by atoms with Crippen LogP contribution >= 0.6 is 0 Å². The van der Waals surface area contributed by atoms with E-state index in [1.807, 2.05) is 13.8 Å². The molecule has 0 spiro atoms. The van der Waals surface area contributed by atoms with E-state index in [0.29, 0.717) is 19.3 Å². The molecular formula is C10H18N2O3. The predicted octanol–water partition coefficient (Wildman–Crippen LogP) is -0.458. The first-order chi connectivity index (χ1) is 6.94. The highest BCUT2D eigenvalue weighted by molar-refractivity contribution is 5.91. The summed E-state index contributed by atoms with van der Waals surface area (Å²) in [5.41, 5.74) is -0.431. The molecule has 1 aliphatic rings. The second kappa shape index (κ2) is 4.61. The van der Waals surface area contributed by atoms with Gasteiger partial charge in [-0.2, -0.15) is 0 Å². The molecule has 3 N–H and O–H groups in total. The number of carbonyl (C=O) groups excluding carboxylic acids is 2. The van der Waals surface area contributed by atoms with Gasteiger partial charge >= 0.3 is 0 Å². The Morgan fingerprint density at radius 2 is 2.33 bits per heavy atom. The van der Waals surface area contributed by atoms with Crippen LogP contribution in [-0.2, 0) is 9.59 Å². The molecule has 5 nitrogen and oxygen atoms in total. The number of nitrogens with one attached hydrogen (secondary N) is 2. The third-order valence-corrected chi connectivity index (χ3v) is 2.51. The lowest BCUT2D eigenvalue weighted by atomic mass is 10.0. The second-order valence-corrected chi connectivity index (χ2v) is 4.51. The highest BCUT2D eigenvalue weighted by Gasteiger charge is 2.30. The van der Waals surface area contributed by atoms with E-state index in [1.54, 1.807) is 0 Å². The van der Waals surface area contributed by atoms with E-state index >= 15 is 0 Å². The molecule has 1 fully saturated rings. The molecule has 1 atom stereocenters. The summed E-state index contributed by atoms with van der Waals surface area (Å²) in [6.07, 6.45) is 1.47. The first-order valence-electron chi connectivity index (χ1n) is 5.17. The van der Waals surface area contributed by atoms with E-state index in [9.17, 15) is 9.59 Å². The van der Waals surface area contributed by atoms with Crippen LogP contribution in [0.5, 0.6) is 0 Å². The Kier molecular flexibility index (Phi) is 3.68. The molecule has 0 aromatic carbocycles. The van der Waals surface area contributed by atoms with Gasteiger partial charge in [0.15, 0.2) is 0 Å². The van der Waals surface area contributed by atoms with Gasteiger partial charge in [0.2, 0.25) is 11.8 Å². The number of amides is 2. The molecule has 0 radical (unpaired) electrons. The summed E-state index contributed by atoms with van der Waals surface area (Å²) in [5, 5.41) is 14.2. The van der Waals surface area contributed by atoms with Crippen LogP contribution in [0.1, 0.15) is 33.1 Å². The zero-order chi connectivity index (χ0) is 11.5. The second-order valence-electron chi connectivity index (χ2n) is 4.51. The van der Waals surface area contributed by atoms with Crippen LogP contribution in [0.15, 0.2) is 0 Å². The lowest BCUT2D eigenvalue weighted by Gasteiger charge is -2.27. The van der Waals surface area contributed by atoms with E-state index in [4.69, 9.17) is 5.11 Å². The van der Waals surface area contributed by atoms with Crippen molar-refractivity contribution < 1.29 is 14.7 Å². The fourth-order valence-corrected chi connectivity index (χ4v) is 1.57. The molecule has 5 heteroatoms. The van der Waals surface area contributed by atoms with Crippen LogP contribution in [0.3, 0.4) is 0 Å². The highest BCUT2D eigenvalue weighted by atomic mass is 16.3. The van der Waals surface area contributed by atoms with Crippen LogP contribution in [0.4, 0.5) is 0 Å². The van der Waals surface area contributed by atoms with E-state index in [-0.39, 0.29) is 18.4 Å². The van der Waals surface area contributed by atoms with E-state index in [1.165, 1.54) is 0 Å². The van der Waals surface area contributed by atoms with Crippen molar-refractivity contribution in [2.24, 2.45) is 0 Å². The molecule has 1 rings (SSSR count). The molecule has 0 aliphatic carbocycles. The minimum atomic E-state index is -0.431. The van der Waals surface area contributed by atoms with Crippen LogP contribution in [-0.4, -0.2) is 35.1 Å². The van der Waals surface area contributed by atoms with Gasteiger partial charge in [-0.15, -0.1) is 0 Å². The molecule has 0 aromatic rings. The predicted molar refractivity (Wildman–Crippen MR) is 55.1 cm³/mol. The minimum absolute atomic E-state index is 0.0320. The Labute approximate surface area is 89.2 Å². The average Bonchev–Trinajstić information content (AvgIpc) is 2.50. The van der Waals surface area contributed by atoms with Crippen LogP contribution < -0.4 is 10.6 Å². The average molecular weight is 214 g/mol. The van der Waals surface area contributed by atoms with Gasteiger partial charge in [-0.1, -0.05) is 0 Å². The van der Waals surface area contributed by atoms with Gasteiger partial charge in [0.1, 0.15) is 6.04 Å². The van der Waals surface area contributed by atoms with Crippen molar-refractivity contribution >= 4 is 11.8 Å². The fourth-order valence-electron chi connectivity index (χ4n) is 1.57. The van der Waals surface area contributed by atoms with Gasteiger partial charge in [0.25, 0.3) is 0 Å². The summed E-state index contributed by atoms with van der Waals surface area (Å²) in [6.45, 7) is 3.72. The maximum Gasteiger partial charge on any atom is 0.243 e. The van der Waals surface area contributed by atoms with Crippen molar-refractivity contribution in [3.63, 3.8) is 0 Å². The molecule has 0 aromatic heterocycles. The van der Waals surface area contributed by atoms with E-state index in [0.717, 1.165) is 0 Å². The first kappa shape index (κ1) is 12.0. The number of rotatable bonds is 4. The molecule has 86 valence electrons. The number of aliphatic hydroxyl groups is 1. The highest BCUT2D eigenvalue weighted by Crippen LogP contribution is 2.11. The minimum Gasteiger partial charge on any atom is -0.396 e. The van der Waals surface area contributed by atoms with Crippen molar-refractivity contribution in [3.05, 3.63) is 0 Å². The SMILES string of the molecule is CC(C)(CCO)NC(=O)C1CCC(=O)N1. The van der Waals surface area contributed by atoms with Gasteiger partial charge in [-0.3, -0.25) is 9.59 Å². The monoisotopic (exact) mass is 214 g/mol. The van der Waals surface area contributed by atoms with E-state index in [2.05, 4.69) is 10.6 Å². The van der Waals surface area contributed by atoms with Gasteiger partial charge in [-0.05, 0) is 26.7 Å². The maximum absolute atomic E-state index is 11.7. The smallest absolute Gasteiger partial charge is 0.243 e. The quantitative estimate of drug-likeness (QED) is 0.592. The zero-order valence-corrected chi connectivity index (χ0v) is 9.17. The van der Waals surface area contributed by atoms with Crippen molar-refractivity contribution in [1.29, 1.82) is 0 Å². The van der Waals surface area contributed by atoms with Crippen molar-refractivity contribution in [2.75, 3.05) is 6.61 Å². The van der Waals surface area contributed by atoms with Gasteiger partial charge in [0.05, 0.1) is 0 Å². The summed E-state index contributed by atoms with van der Waals surface area (Å²) < 4.78 is 0. The molecule has 1 aliphatic heterocycles.